The molecule has 22 heavy (non-hydrogen) atoms. The zero-order valence-corrected chi connectivity index (χ0v) is 13.2. The van der Waals surface area contributed by atoms with E-state index in [1.807, 2.05) is 73.6 Å². The number of nitrogen functional groups attached to an aromatic ring is 1. The van der Waals surface area contributed by atoms with Crippen LogP contribution < -0.4 is 10.6 Å². The highest BCUT2D eigenvalue weighted by molar-refractivity contribution is 6.30. The molecule has 2 N–H and O–H groups in total. The maximum Gasteiger partial charge on any atom is 0.146 e. The van der Waals surface area contributed by atoms with Crippen LogP contribution in [0, 0.1) is 0 Å². The summed E-state index contributed by atoms with van der Waals surface area (Å²) in [5.41, 5.74) is 10.00. The van der Waals surface area contributed by atoms with Gasteiger partial charge in [0.05, 0.1) is 0 Å². The average Bonchev–Trinajstić information content (AvgIpc) is 2.84. The van der Waals surface area contributed by atoms with Crippen molar-refractivity contribution in [3.05, 3.63) is 59.6 Å². The molecule has 4 nitrogen and oxygen atoms in total. The molecule has 0 unspecified atom stereocenters. The first-order valence-corrected chi connectivity index (χ1v) is 7.33. The number of hydrogen-bond donors (Lipinski definition) is 1. The van der Waals surface area contributed by atoms with Gasteiger partial charge in [0.25, 0.3) is 0 Å². The summed E-state index contributed by atoms with van der Waals surface area (Å²) in [6.45, 7) is 0. The maximum atomic E-state index is 6.24. The van der Waals surface area contributed by atoms with Crippen LogP contribution in [0.15, 0.2) is 54.6 Å². The fourth-order valence-electron chi connectivity index (χ4n) is 2.44. The van der Waals surface area contributed by atoms with Gasteiger partial charge >= 0.3 is 0 Å². The van der Waals surface area contributed by atoms with Crippen molar-refractivity contribution < 1.29 is 0 Å². The Morgan fingerprint density at radius 1 is 1.05 bits per heavy atom. The summed E-state index contributed by atoms with van der Waals surface area (Å²) in [4.78, 5) is 2.05. The number of nitrogens with zero attached hydrogens (tertiary/aromatic N) is 3. The lowest BCUT2D eigenvalue weighted by molar-refractivity contribution is 0.782. The molecule has 0 aliphatic rings. The molecule has 1 aromatic heterocycles. The smallest absolute Gasteiger partial charge is 0.146 e. The standard InChI is InChI=1S/C17H17ClN4/c1-21(14-6-4-3-5-7-14)16-15(20-22(2)17(16)19)12-8-10-13(18)11-9-12/h3-11H,19H2,1-2H3. The van der Waals surface area contributed by atoms with Crippen molar-refractivity contribution in [1.29, 1.82) is 0 Å². The summed E-state index contributed by atoms with van der Waals surface area (Å²) in [7, 11) is 3.83. The summed E-state index contributed by atoms with van der Waals surface area (Å²) in [5.74, 6) is 0.622. The third kappa shape index (κ3) is 2.53. The maximum absolute atomic E-state index is 6.24. The van der Waals surface area contributed by atoms with Crippen LogP contribution in [0.3, 0.4) is 0 Å². The van der Waals surface area contributed by atoms with Crippen LogP contribution in [0.4, 0.5) is 17.2 Å². The van der Waals surface area contributed by atoms with E-state index >= 15 is 0 Å². The first-order chi connectivity index (χ1) is 10.6. The molecule has 1 heterocycles. The minimum Gasteiger partial charge on any atom is -0.382 e. The van der Waals surface area contributed by atoms with E-state index in [1.165, 1.54) is 0 Å². The Hall–Kier alpha value is -2.46. The second-order valence-electron chi connectivity index (χ2n) is 5.11. The van der Waals surface area contributed by atoms with E-state index in [4.69, 9.17) is 17.3 Å². The van der Waals surface area contributed by atoms with Crippen LogP contribution in [-0.4, -0.2) is 16.8 Å². The second-order valence-corrected chi connectivity index (χ2v) is 5.54. The minimum absolute atomic E-state index is 0.622. The zero-order valence-electron chi connectivity index (χ0n) is 12.5. The van der Waals surface area contributed by atoms with Gasteiger partial charge in [-0.15, -0.1) is 0 Å². The largest absolute Gasteiger partial charge is 0.382 e. The number of nitrogens with two attached hydrogens (primary N) is 1. The molecule has 2 aromatic carbocycles. The van der Waals surface area contributed by atoms with Gasteiger partial charge in [-0.05, 0) is 24.3 Å². The van der Waals surface area contributed by atoms with E-state index in [2.05, 4.69) is 5.10 Å². The SMILES string of the molecule is CN(c1ccccc1)c1c(-c2ccc(Cl)cc2)nn(C)c1N. The number of aromatic nitrogens is 2. The van der Waals surface area contributed by atoms with Crippen molar-refractivity contribution >= 4 is 28.8 Å². The summed E-state index contributed by atoms with van der Waals surface area (Å²) >= 11 is 5.97. The van der Waals surface area contributed by atoms with Crippen LogP contribution in [-0.2, 0) is 7.05 Å². The van der Waals surface area contributed by atoms with Gasteiger partial charge in [0.2, 0.25) is 0 Å². The first kappa shape index (κ1) is 14.5. The quantitative estimate of drug-likeness (QED) is 0.792. The predicted molar refractivity (Wildman–Crippen MR) is 92.6 cm³/mol. The number of para-hydroxylation sites is 1. The van der Waals surface area contributed by atoms with E-state index in [-0.39, 0.29) is 0 Å². The molecule has 0 aliphatic heterocycles. The molecular weight excluding hydrogens is 296 g/mol. The number of rotatable bonds is 3. The monoisotopic (exact) mass is 312 g/mol. The van der Waals surface area contributed by atoms with E-state index in [0.717, 1.165) is 22.6 Å². The Kier molecular flexibility index (Phi) is 3.77. The molecular formula is C17H17ClN4. The second kappa shape index (κ2) is 5.73. The molecule has 112 valence electrons. The Balaban J connectivity index is 2.13. The van der Waals surface area contributed by atoms with E-state index in [9.17, 15) is 0 Å². The van der Waals surface area contributed by atoms with Crippen LogP contribution in [0.1, 0.15) is 0 Å². The molecule has 0 saturated carbocycles. The van der Waals surface area contributed by atoms with Gasteiger partial charge in [-0.25, -0.2) is 0 Å². The van der Waals surface area contributed by atoms with Crippen molar-refractivity contribution in [2.75, 3.05) is 17.7 Å². The fourth-order valence-corrected chi connectivity index (χ4v) is 2.57. The Morgan fingerprint density at radius 3 is 2.32 bits per heavy atom. The third-order valence-corrected chi connectivity index (χ3v) is 3.91. The summed E-state index contributed by atoms with van der Waals surface area (Å²) in [6, 6.07) is 17.7. The molecule has 0 atom stereocenters. The molecule has 0 fully saturated rings. The zero-order chi connectivity index (χ0) is 15.7. The van der Waals surface area contributed by atoms with Crippen LogP contribution in [0.5, 0.6) is 0 Å². The number of benzene rings is 2. The lowest BCUT2D eigenvalue weighted by atomic mass is 10.1. The molecule has 0 bridgehead atoms. The Labute approximate surface area is 134 Å². The molecule has 5 heteroatoms. The van der Waals surface area contributed by atoms with Gasteiger partial charge < -0.3 is 10.6 Å². The highest BCUT2D eigenvalue weighted by Gasteiger charge is 2.20. The number of hydrogen-bond acceptors (Lipinski definition) is 3. The first-order valence-electron chi connectivity index (χ1n) is 6.95. The van der Waals surface area contributed by atoms with Crippen molar-refractivity contribution in [2.45, 2.75) is 0 Å². The molecule has 3 aromatic rings. The normalized spacial score (nSPS) is 10.7. The topological polar surface area (TPSA) is 47.1 Å². The highest BCUT2D eigenvalue weighted by Crippen LogP contribution is 2.38. The van der Waals surface area contributed by atoms with Gasteiger partial charge in [0, 0.05) is 30.4 Å². The van der Waals surface area contributed by atoms with E-state index in [1.54, 1.807) is 4.68 Å². The van der Waals surface area contributed by atoms with Crippen molar-refractivity contribution in [3.8, 4) is 11.3 Å². The molecule has 0 amide bonds. The van der Waals surface area contributed by atoms with Gasteiger partial charge in [0.15, 0.2) is 0 Å². The lowest BCUT2D eigenvalue weighted by Gasteiger charge is -2.20. The third-order valence-electron chi connectivity index (χ3n) is 3.66. The van der Waals surface area contributed by atoms with Gasteiger partial charge in [0.1, 0.15) is 17.2 Å². The van der Waals surface area contributed by atoms with Gasteiger partial charge in [-0.3, -0.25) is 4.68 Å². The number of aryl methyl sites for hydroxylation is 1. The molecule has 0 radical (unpaired) electrons. The van der Waals surface area contributed by atoms with Gasteiger partial charge in [-0.2, -0.15) is 5.10 Å². The summed E-state index contributed by atoms with van der Waals surface area (Å²) in [5, 5.41) is 5.26. The Bertz CT molecular complexity index is 778. The molecule has 0 spiro atoms. The fraction of sp³-hybridized carbons (Fsp3) is 0.118. The lowest BCUT2D eigenvalue weighted by Crippen LogP contribution is -2.12. The Morgan fingerprint density at radius 2 is 1.68 bits per heavy atom. The molecule has 0 saturated heterocycles. The number of anilines is 3. The van der Waals surface area contributed by atoms with Crippen molar-refractivity contribution in [1.82, 2.24) is 9.78 Å². The van der Waals surface area contributed by atoms with Crippen molar-refractivity contribution in [3.63, 3.8) is 0 Å². The van der Waals surface area contributed by atoms with Crippen LogP contribution in [0.2, 0.25) is 5.02 Å². The van der Waals surface area contributed by atoms with Crippen molar-refractivity contribution in [2.24, 2.45) is 7.05 Å². The van der Waals surface area contributed by atoms with Crippen LogP contribution >= 0.6 is 11.6 Å². The van der Waals surface area contributed by atoms with E-state index < -0.39 is 0 Å². The van der Waals surface area contributed by atoms with Crippen LogP contribution in [0.25, 0.3) is 11.3 Å². The van der Waals surface area contributed by atoms with Gasteiger partial charge in [-0.1, -0.05) is 41.9 Å². The van der Waals surface area contributed by atoms with E-state index in [0.29, 0.717) is 10.8 Å². The summed E-state index contributed by atoms with van der Waals surface area (Å²) in [6.07, 6.45) is 0. The minimum atomic E-state index is 0.622. The molecule has 0 aliphatic carbocycles. The molecule has 3 rings (SSSR count). The number of halogens is 1. The predicted octanol–water partition coefficient (Wildman–Crippen LogP) is 4.09. The average molecular weight is 313 g/mol. The highest BCUT2D eigenvalue weighted by atomic mass is 35.5. The summed E-state index contributed by atoms with van der Waals surface area (Å²) < 4.78 is 1.69.